The number of hydrogen-bond donors (Lipinski definition) is 0. The quantitative estimate of drug-likeness (QED) is 0.473. The zero-order chi connectivity index (χ0) is 13.2. The van der Waals surface area contributed by atoms with Gasteiger partial charge in [-0.15, -0.1) is 0 Å². The minimum atomic E-state index is -4.79. The van der Waals surface area contributed by atoms with Crippen molar-refractivity contribution in [1.82, 2.24) is 0 Å². The van der Waals surface area contributed by atoms with Crippen molar-refractivity contribution in [1.29, 1.82) is 0 Å². The molecule has 0 fully saturated rings. The fraction of sp³-hybridized carbons (Fsp3) is 0.250. The monoisotopic (exact) mass is 257 g/mol. The molecule has 4 nitrogen and oxygen atoms in total. The van der Waals surface area contributed by atoms with Crippen LogP contribution in [0.4, 0.5) is 27.6 Å². The Labute approximate surface area is 90.8 Å². The summed E-state index contributed by atoms with van der Waals surface area (Å²) in [5.41, 5.74) is -0.974. The topological polar surface area (TPSA) is 52.4 Å². The molecule has 0 aromatic heterocycles. The van der Waals surface area contributed by atoms with Crippen molar-refractivity contribution in [2.75, 3.05) is 0 Å². The fourth-order valence-electron chi connectivity index (χ4n) is 0.901. The van der Waals surface area contributed by atoms with Crippen LogP contribution in [0.15, 0.2) is 18.2 Å². The number of benzene rings is 1. The van der Waals surface area contributed by atoms with Gasteiger partial charge in [-0.3, -0.25) is 10.1 Å². The van der Waals surface area contributed by atoms with Crippen molar-refractivity contribution in [2.24, 2.45) is 0 Å². The standard InChI is InChI=1S/C8H4F5NO3/c9-5-3-4(1-2-6(5)14(15)16)17-8(12,13)7(10)11/h1-3,7H. The molecular weight excluding hydrogens is 253 g/mol. The third-order valence-corrected chi connectivity index (χ3v) is 1.62. The number of ether oxygens (including phenoxy) is 1. The first-order chi connectivity index (χ1) is 7.74. The molecule has 0 radical (unpaired) electrons. The summed E-state index contributed by atoms with van der Waals surface area (Å²) in [5.74, 6) is -2.39. The lowest BCUT2D eigenvalue weighted by atomic mass is 10.3. The van der Waals surface area contributed by atoms with Gasteiger partial charge in [0.1, 0.15) is 5.75 Å². The second kappa shape index (κ2) is 4.52. The van der Waals surface area contributed by atoms with Gasteiger partial charge in [-0.2, -0.15) is 22.0 Å². The molecule has 94 valence electrons. The van der Waals surface area contributed by atoms with Crippen molar-refractivity contribution in [3.05, 3.63) is 34.1 Å². The molecule has 0 amide bonds. The predicted octanol–water partition coefficient (Wildman–Crippen LogP) is 2.97. The van der Waals surface area contributed by atoms with Crippen LogP contribution >= 0.6 is 0 Å². The molecule has 0 unspecified atom stereocenters. The first-order valence-electron chi connectivity index (χ1n) is 4.03. The molecular formula is C8H4F5NO3. The Hall–Kier alpha value is -1.93. The minimum absolute atomic E-state index is 0.231. The lowest BCUT2D eigenvalue weighted by Crippen LogP contribution is -2.33. The molecule has 0 bridgehead atoms. The van der Waals surface area contributed by atoms with E-state index in [0.717, 1.165) is 0 Å². The number of nitro benzene ring substituents is 1. The molecule has 0 atom stereocenters. The van der Waals surface area contributed by atoms with Gasteiger partial charge in [-0.1, -0.05) is 0 Å². The van der Waals surface area contributed by atoms with Crippen molar-refractivity contribution in [3.63, 3.8) is 0 Å². The van der Waals surface area contributed by atoms with Crippen LogP contribution in [0, 0.1) is 15.9 Å². The summed E-state index contributed by atoms with van der Waals surface area (Å²) in [5, 5.41) is 10.2. The summed E-state index contributed by atoms with van der Waals surface area (Å²) in [6.45, 7) is 0. The average molecular weight is 257 g/mol. The van der Waals surface area contributed by atoms with E-state index >= 15 is 0 Å². The van der Waals surface area contributed by atoms with E-state index in [0.29, 0.717) is 12.1 Å². The Bertz CT molecular complexity index is 437. The van der Waals surface area contributed by atoms with Crippen LogP contribution in [0.25, 0.3) is 0 Å². The highest BCUT2D eigenvalue weighted by atomic mass is 19.3. The largest absolute Gasteiger partial charge is 0.461 e. The molecule has 0 N–H and O–H groups in total. The average Bonchev–Trinajstić information content (AvgIpc) is 2.15. The van der Waals surface area contributed by atoms with Crippen LogP contribution in [-0.2, 0) is 0 Å². The van der Waals surface area contributed by atoms with E-state index in [4.69, 9.17) is 0 Å². The maximum absolute atomic E-state index is 12.9. The van der Waals surface area contributed by atoms with E-state index in [-0.39, 0.29) is 6.07 Å². The normalized spacial score (nSPS) is 11.6. The first-order valence-corrected chi connectivity index (χ1v) is 4.03. The van der Waals surface area contributed by atoms with E-state index in [1.165, 1.54) is 0 Å². The Balaban J connectivity index is 2.96. The van der Waals surface area contributed by atoms with Crippen LogP contribution in [-0.4, -0.2) is 17.5 Å². The van der Waals surface area contributed by atoms with Gasteiger partial charge in [0.25, 0.3) is 0 Å². The number of halogens is 5. The van der Waals surface area contributed by atoms with Gasteiger partial charge in [-0.25, -0.2) is 0 Å². The zero-order valence-electron chi connectivity index (χ0n) is 7.87. The van der Waals surface area contributed by atoms with Gasteiger partial charge in [0.15, 0.2) is 0 Å². The Morgan fingerprint density at radius 3 is 2.35 bits per heavy atom. The Morgan fingerprint density at radius 1 is 1.35 bits per heavy atom. The van der Waals surface area contributed by atoms with Crippen molar-refractivity contribution in [3.8, 4) is 5.75 Å². The molecule has 9 heteroatoms. The molecule has 0 aliphatic heterocycles. The van der Waals surface area contributed by atoms with E-state index in [1.807, 2.05) is 0 Å². The van der Waals surface area contributed by atoms with Gasteiger partial charge in [0, 0.05) is 12.1 Å². The Kier molecular flexibility index (Phi) is 3.49. The number of hydrogen-bond acceptors (Lipinski definition) is 3. The summed E-state index contributed by atoms with van der Waals surface area (Å²) >= 11 is 0. The van der Waals surface area contributed by atoms with E-state index < -0.39 is 34.7 Å². The summed E-state index contributed by atoms with van der Waals surface area (Å²) in [6, 6.07) is 1.36. The smallest absolute Gasteiger partial charge is 0.428 e. The first kappa shape index (κ1) is 13.1. The molecule has 0 aliphatic carbocycles. The maximum atomic E-state index is 12.9. The third-order valence-electron chi connectivity index (χ3n) is 1.62. The predicted molar refractivity (Wildman–Crippen MR) is 44.6 cm³/mol. The van der Waals surface area contributed by atoms with Crippen LogP contribution < -0.4 is 4.74 Å². The molecule has 1 aromatic carbocycles. The lowest BCUT2D eigenvalue weighted by Gasteiger charge is -2.16. The highest BCUT2D eigenvalue weighted by molar-refractivity contribution is 5.38. The summed E-state index contributed by atoms with van der Waals surface area (Å²) in [4.78, 5) is 9.09. The highest BCUT2D eigenvalue weighted by Crippen LogP contribution is 2.29. The van der Waals surface area contributed by atoms with Gasteiger partial charge < -0.3 is 4.74 Å². The maximum Gasteiger partial charge on any atom is 0.461 e. The van der Waals surface area contributed by atoms with Crippen LogP contribution in [0.3, 0.4) is 0 Å². The van der Waals surface area contributed by atoms with E-state index in [2.05, 4.69) is 4.74 Å². The minimum Gasteiger partial charge on any atom is -0.428 e. The van der Waals surface area contributed by atoms with Crippen molar-refractivity contribution in [2.45, 2.75) is 12.5 Å². The second-order valence-electron chi connectivity index (χ2n) is 2.83. The van der Waals surface area contributed by atoms with Crippen LogP contribution in [0.2, 0.25) is 0 Å². The second-order valence-corrected chi connectivity index (χ2v) is 2.83. The molecule has 1 rings (SSSR count). The van der Waals surface area contributed by atoms with Crippen LogP contribution in [0.5, 0.6) is 5.75 Å². The lowest BCUT2D eigenvalue weighted by molar-refractivity contribution is -0.387. The zero-order valence-corrected chi connectivity index (χ0v) is 7.87. The molecule has 0 saturated carbocycles. The number of rotatable bonds is 4. The molecule has 0 spiro atoms. The van der Waals surface area contributed by atoms with Crippen molar-refractivity contribution < 1.29 is 31.6 Å². The van der Waals surface area contributed by atoms with Gasteiger partial charge >= 0.3 is 18.2 Å². The summed E-state index contributed by atoms with van der Waals surface area (Å²) in [6.07, 6.45) is -8.89. The SMILES string of the molecule is O=[N+]([O-])c1ccc(OC(F)(F)C(F)F)cc1F. The molecule has 0 aliphatic rings. The van der Waals surface area contributed by atoms with Gasteiger partial charge in [-0.05, 0) is 6.07 Å². The molecule has 1 aromatic rings. The molecule has 17 heavy (non-hydrogen) atoms. The fourth-order valence-corrected chi connectivity index (χ4v) is 0.901. The summed E-state index contributed by atoms with van der Waals surface area (Å²) in [7, 11) is 0. The van der Waals surface area contributed by atoms with Crippen molar-refractivity contribution >= 4 is 5.69 Å². The van der Waals surface area contributed by atoms with E-state index in [1.54, 1.807) is 0 Å². The van der Waals surface area contributed by atoms with Gasteiger partial charge in [0.05, 0.1) is 4.92 Å². The Morgan fingerprint density at radius 2 is 1.94 bits per heavy atom. The van der Waals surface area contributed by atoms with E-state index in [9.17, 15) is 32.1 Å². The molecule has 0 heterocycles. The number of nitro groups is 1. The van der Waals surface area contributed by atoms with Gasteiger partial charge in [0.2, 0.25) is 5.82 Å². The number of alkyl halides is 4. The summed E-state index contributed by atoms with van der Waals surface area (Å²) < 4.78 is 64.7. The molecule has 0 saturated heterocycles. The number of nitrogens with zero attached hydrogens (tertiary/aromatic N) is 1. The third kappa shape index (κ3) is 3.02. The van der Waals surface area contributed by atoms with Crippen LogP contribution in [0.1, 0.15) is 0 Å². The highest BCUT2D eigenvalue weighted by Gasteiger charge is 2.44.